The number of aromatic nitrogens is 3. The minimum absolute atomic E-state index is 0.368. The molecule has 3 aromatic rings. The summed E-state index contributed by atoms with van der Waals surface area (Å²) in [6, 6.07) is 12.0. The number of rotatable bonds is 5. The molecule has 2 atom stereocenters. The van der Waals surface area contributed by atoms with Gasteiger partial charge in [0.1, 0.15) is 18.8 Å². The maximum Gasteiger partial charge on any atom is 0.137 e. The lowest BCUT2D eigenvalue weighted by molar-refractivity contribution is 0.106. The lowest BCUT2D eigenvalue weighted by Crippen LogP contribution is -2.21. The normalized spacial score (nSPS) is 13.7. The van der Waals surface area contributed by atoms with Crippen molar-refractivity contribution in [2.45, 2.75) is 18.6 Å². The van der Waals surface area contributed by atoms with Crippen molar-refractivity contribution in [1.29, 1.82) is 0 Å². The predicted molar refractivity (Wildman–Crippen MR) is 95.6 cm³/mol. The van der Waals surface area contributed by atoms with Crippen molar-refractivity contribution in [3.05, 3.63) is 81.3 Å². The van der Waals surface area contributed by atoms with Crippen LogP contribution in [0.2, 0.25) is 15.1 Å². The summed E-state index contributed by atoms with van der Waals surface area (Å²) in [5, 5.41) is 16.8. The van der Waals surface area contributed by atoms with Crippen molar-refractivity contribution in [1.82, 2.24) is 14.8 Å². The first-order valence-electron chi connectivity index (χ1n) is 7.26. The van der Waals surface area contributed by atoms with Gasteiger partial charge >= 0.3 is 0 Å². The second kappa shape index (κ2) is 7.53. The Morgan fingerprint density at radius 1 is 1.00 bits per heavy atom. The maximum atomic E-state index is 10.8. The monoisotopic (exact) mass is 381 g/mol. The van der Waals surface area contributed by atoms with Gasteiger partial charge in [-0.2, -0.15) is 5.10 Å². The fourth-order valence-electron chi connectivity index (χ4n) is 2.53. The van der Waals surface area contributed by atoms with Crippen LogP contribution in [0.15, 0.2) is 55.1 Å². The molecule has 0 aliphatic rings. The molecule has 0 fully saturated rings. The van der Waals surface area contributed by atoms with Crippen LogP contribution in [0.4, 0.5) is 0 Å². The zero-order valence-corrected chi connectivity index (χ0v) is 14.7. The second-order valence-electron chi connectivity index (χ2n) is 5.38. The van der Waals surface area contributed by atoms with Crippen molar-refractivity contribution >= 4 is 34.8 Å². The van der Waals surface area contributed by atoms with Crippen molar-refractivity contribution in [2.24, 2.45) is 0 Å². The fourth-order valence-corrected chi connectivity index (χ4v) is 3.14. The third-order valence-corrected chi connectivity index (χ3v) is 4.64. The Morgan fingerprint density at radius 2 is 1.71 bits per heavy atom. The molecule has 2 unspecified atom stereocenters. The van der Waals surface area contributed by atoms with Crippen LogP contribution in [0, 0.1) is 0 Å². The summed E-state index contributed by atoms with van der Waals surface area (Å²) in [6.07, 6.45) is 2.69. The number of halogens is 3. The second-order valence-corrected chi connectivity index (χ2v) is 6.66. The van der Waals surface area contributed by atoms with E-state index in [1.54, 1.807) is 47.4 Å². The number of aliphatic hydroxyl groups is 1. The molecule has 124 valence electrons. The molecule has 2 aromatic carbocycles. The molecule has 0 spiro atoms. The Morgan fingerprint density at radius 3 is 2.33 bits per heavy atom. The zero-order valence-electron chi connectivity index (χ0n) is 12.5. The minimum Gasteiger partial charge on any atom is -0.386 e. The van der Waals surface area contributed by atoms with Gasteiger partial charge < -0.3 is 5.11 Å². The number of benzene rings is 2. The molecule has 1 N–H and O–H groups in total. The highest BCUT2D eigenvalue weighted by atomic mass is 35.5. The van der Waals surface area contributed by atoms with Crippen LogP contribution in [0.1, 0.15) is 23.3 Å². The molecule has 0 radical (unpaired) electrons. The Labute approximate surface area is 154 Å². The van der Waals surface area contributed by atoms with Gasteiger partial charge in [-0.25, -0.2) is 9.67 Å². The molecule has 0 amide bonds. The minimum atomic E-state index is -0.796. The Balaban J connectivity index is 1.93. The highest BCUT2D eigenvalue weighted by Crippen LogP contribution is 2.32. The Hall–Kier alpha value is -1.59. The molecule has 0 saturated carbocycles. The average Bonchev–Trinajstić information content (AvgIpc) is 3.08. The van der Waals surface area contributed by atoms with Gasteiger partial charge in [-0.1, -0.05) is 53.0 Å². The van der Waals surface area contributed by atoms with E-state index in [-0.39, 0.29) is 6.04 Å². The lowest BCUT2D eigenvalue weighted by atomic mass is 9.96. The molecule has 0 saturated heterocycles. The molecule has 3 rings (SSSR count). The highest BCUT2D eigenvalue weighted by molar-refractivity contribution is 6.35. The number of hydrogen-bond donors (Lipinski definition) is 1. The van der Waals surface area contributed by atoms with E-state index < -0.39 is 6.10 Å². The smallest absolute Gasteiger partial charge is 0.137 e. The van der Waals surface area contributed by atoms with E-state index in [1.165, 1.54) is 6.33 Å². The molecule has 0 aliphatic heterocycles. The number of hydrogen-bond acceptors (Lipinski definition) is 3. The van der Waals surface area contributed by atoms with Crippen molar-refractivity contribution in [2.75, 3.05) is 0 Å². The first kappa shape index (κ1) is 17.2. The molecule has 24 heavy (non-hydrogen) atoms. The van der Waals surface area contributed by atoms with Crippen LogP contribution in [-0.2, 0) is 6.42 Å². The maximum absolute atomic E-state index is 10.8. The fraction of sp³-hybridized carbons (Fsp3) is 0.176. The summed E-state index contributed by atoms with van der Waals surface area (Å²) in [5.74, 6) is 0. The molecular formula is C17H14Cl3N3O. The van der Waals surface area contributed by atoms with Crippen LogP contribution in [-0.4, -0.2) is 19.9 Å². The van der Waals surface area contributed by atoms with E-state index in [0.717, 1.165) is 11.1 Å². The Kier molecular flexibility index (Phi) is 5.41. The number of nitrogens with zero attached hydrogens (tertiary/aromatic N) is 3. The lowest BCUT2D eigenvalue weighted by Gasteiger charge is -2.24. The number of aliphatic hydroxyl groups excluding tert-OH is 1. The van der Waals surface area contributed by atoms with E-state index in [2.05, 4.69) is 10.1 Å². The third kappa shape index (κ3) is 3.90. The summed E-state index contributed by atoms with van der Waals surface area (Å²) in [6.45, 7) is 0. The molecule has 0 aliphatic carbocycles. The van der Waals surface area contributed by atoms with Gasteiger partial charge in [0.25, 0.3) is 0 Å². The van der Waals surface area contributed by atoms with Crippen LogP contribution in [0.5, 0.6) is 0 Å². The summed E-state index contributed by atoms with van der Waals surface area (Å²) in [5.41, 5.74) is 1.61. The van der Waals surface area contributed by atoms with Crippen molar-refractivity contribution < 1.29 is 5.11 Å². The largest absolute Gasteiger partial charge is 0.386 e. The third-order valence-electron chi connectivity index (χ3n) is 3.80. The van der Waals surface area contributed by atoms with E-state index in [4.69, 9.17) is 34.8 Å². The summed E-state index contributed by atoms with van der Waals surface area (Å²) in [4.78, 5) is 3.98. The van der Waals surface area contributed by atoms with E-state index in [0.29, 0.717) is 21.5 Å². The quantitative estimate of drug-likeness (QED) is 0.692. The Bertz CT molecular complexity index is 806. The standard InChI is InChI=1S/C17H14Cl3N3O/c18-13-4-1-11(2-5-13)17(24)16(23-10-21-9-22-23)7-12-3-6-14(19)8-15(12)20/h1-6,8-10,16-17,24H,7H2. The summed E-state index contributed by atoms with van der Waals surface area (Å²) in [7, 11) is 0. The zero-order chi connectivity index (χ0) is 17.1. The van der Waals surface area contributed by atoms with Gasteiger partial charge in [0.2, 0.25) is 0 Å². The van der Waals surface area contributed by atoms with Crippen LogP contribution < -0.4 is 0 Å². The predicted octanol–water partition coefficient (Wildman–Crippen LogP) is 4.76. The first-order valence-corrected chi connectivity index (χ1v) is 8.39. The first-order chi connectivity index (χ1) is 11.5. The summed E-state index contributed by atoms with van der Waals surface area (Å²) < 4.78 is 1.63. The topological polar surface area (TPSA) is 50.9 Å². The highest BCUT2D eigenvalue weighted by Gasteiger charge is 2.25. The van der Waals surface area contributed by atoms with Gasteiger partial charge in [-0.3, -0.25) is 0 Å². The molecule has 1 aromatic heterocycles. The molecule has 7 heteroatoms. The van der Waals surface area contributed by atoms with E-state index >= 15 is 0 Å². The summed E-state index contributed by atoms with van der Waals surface area (Å²) >= 11 is 18.2. The van der Waals surface area contributed by atoms with Crippen molar-refractivity contribution in [3.63, 3.8) is 0 Å². The van der Waals surface area contributed by atoms with E-state index in [1.807, 2.05) is 6.07 Å². The van der Waals surface area contributed by atoms with Gasteiger partial charge in [0, 0.05) is 15.1 Å². The molecular weight excluding hydrogens is 369 g/mol. The van der Waals surface area contributed by atoms with Crippen LogP contribution in [0.3, 0.4) is 0 Å². The molecule has 1 heterocycles. The van der Waals surface area contributed by atoms with Crippen molar-refractivity contribution in [3.8, 4) is 0 Å². The SMILES string of the molecule is OC(c1ccc(Cl)cc1)C(Cc1ccc(Cl)cc1Cl)n1cncn1. The van der Waals surface area contributed by atoms with Gasteiger partial charge in [-0.05, 0) is 41.8 Å². The molecule has 0 bridgehead atoms. The van der Waals surface area contributed by atoms with Gasteiger partial charge in [0.05, 0.1) is 6.04 Å². The van der Waals surface area contributed by atoms with E-state index in [9.17, 15) is 5.11 Å². The van der Waals surface area contributed by atoms with Crippen LogP contribution in [0.25, 0.3) is 0 Å². The van der Waals surface area contributed by atoms with Gasteiger partial charge in [-0.15, -0.1) is 0 Å². The van der Waals surface area contributed by atoms with Crippen LogP contribution >= 0.6 is 34.8 Å². The van der Waals surface area contributed by atoms with Gasteiger partial charge in [0.15, 0.2) is 0 Å². The average molecular weight is 383 g/mol. The molecule has 4 nitrogen and oxygen atoms in total.